The van der Waals surface area contributed by atoms with Crippen LogP contribution in [0.2, 0.25) is 0 Å². The number of nitrogens with zero attached hydrogens (tertiary/aromatic N) is 1. The number of carbonyl (C=O) groups excluding carboxylic acids is 1. The number of ether oxygens (including phenoxy) is 1. The Labute approximate surface area is 122 Å². The van der Waals surface area contributed by atoms with Crippen LogP contribution in [0.1, 0.15) is 5.56 Å². The predicted molar refractivity (Wildman–Crippen MR) is 77.2 cm³/mol. The second-order valence-electron chi connectivity index (χ2n) is 4.07. The largest absolute Gasteiger partial charge is 0.466 e. The maximum absolute atomic E-state index is 12.6. The maximum atomic E-state index is 12.6. The van der Waals surface area contributed by atoms with Crippen molar-refractivity contribution in [3.05, 3.63) is 60.3 Å². The van der Waals surface area contributed by atoms with Gasteiger partial charge in [-0.2, -0.15) is 0 Å². The van der Waals surface area contributed by atoms with Gasteiger partial charge in [0.25, 0.3) is 0 Å². The summed E-state index contributed by atoms with van der Waals surface area (Å²) in [6, 6.07) is 11.1. The van der Waals surface area contributed by atoms with Gasteiger partial charge in [-0.3, -0.25) is 0 Å². The van der Waals surface area contributed by atoms with Gasteiger partial charge in [0.15, 0.2) is 5.03 Å². The predicted octanol–water partition coefficient (Wildman–Crippen LogP) is 2.10. The van der Waals surface area contributed by atoms with Gasteiger partial charge in [-0.15, -0.1) is 0 Å². The Morgan fingerprint density at radius 3 is 2.52 bits per heavy atom. The van der Waals surface area contributed by atoms with Crippen LogP contribution in [0.25, 0.3) is 6.08 Å². The molecule has 5 nitrogen and oxygen atoms in total. The second kappa shape index (κ2) is 6.32. The summed E-state index contributed by atoms with van der Waals surface area (Å²) in [7, 11) is -2.49. The summed E-state index contributed by atoms with van der Waals surface area (Å²) in [5.74, 6) is -0.556. The molecule has 0 aliphatic carbocycles. The minimum absolute atomic E-state index is 0.0380. The van der Waals surface area contributed by atoms with E-state index in [1.807, 2.05) is 0 Å². The van der Waals surface area contributed by atoms with Crippen LogP contribution in [0.5, 0.6) is 0 Å². The molecule has 0 saturated carbocycles. The molecule has 21 heavy (non-hydrogen) atoms. The van der Waals surface area contributed by atoms with Crippen molar-refractivity contribution in [2.75, 3.05) is 7.11 Å². The van der Waals surface area contributed by atoms with Crippen LogP contribution in [0.3, 0.4) is 0 Å². The van der Waals surface area contributed by atoms with Gasteiger partial charge in [0.2, 0.25) is 9.84 Å². The highest BCUT2D eigenvalue weighted by Crippen LogP contribution is 2.23. The molecule has 1 heterocycles. The smallest absolute Gasteiger partial charge is 0.330 e. The number of hydrogen-bond donors (Lipinski definition) is 0. The van der Waals surface area contributed by atoms with Crippen molar-refractivity contribution in [2.45, 2.75) is 9.92 Å². The van der Waals surface area contributed by atoms with E-state index in [9.17, 15) is 13.2 Å². The Hall–Kier alpha value is -2.47. The lowest BCUT2D eigenvalue weighted by Gasteiger charge is -2.06. The van der Waals surface area contributed by atoms with E-state index in [0.717, 1.165) is 0 Å². The Morgan fingerprint density at radius 1 is 1.14 bits per heavy atom. The van der Waals surface area contributed by atoms with Gasteiger partial charge in [0.1, 0.15) is 0 Å². The molecule has 0 amide bonds. The molecule has 6 heteroatoms. The summed E-state index contributed by atoms with van der Waals surface area (Å²) in [5.41, 5.74) is 0.397. The summed E-state index contributed by atoms with van der Waals surface area (Å²) in [6.45, 7) is 0. The second-order valence-corrected chi connectivity index (χ2v) is 5.93. The van der Waals surface area contributed by atoms with Gasteiger partial charge in [-0.05, 0) is 29.8 Å². The van der Waals surface area contributed by atoms with E-state index in [1.165, 1.54) is 37.6 Å². The topological polar surface area (TPSA) is 73.3 Å². The average molecular weight is 303 g/mol. The van der Waals surface area contributed by atoms with Crippen molar-refractivity contribution < 1.29 is 17.9 Å². The number of carbonyl (C=O) groups is 1. The summed E-state index contributed by atoms with van der Waals surface area (Å²) in [5, 5.41) is -0.0380. The molecule has 0 fully saturated rings. The quantitative estimate of drug-likeness (QED) is 0.639. The molecule has 1 aromatic carbocycles. The molecule has 0 atom stereocenters. The minimum atomic E-state index is -3.74. The van der Waals surface area contributed by atoms with Crippen molar-refractivity contribution >= 4 is 21.9 Å². The van der Waals surface area contributed by atoms with Crippen molar-refractivity contribution in [1.82, 2.24) is 4.98 Å². The van der Waals surface area contributed by atoms with Gasteiger partial charge < -0.3 is 4.74 Å². The Morgan fingerprint density at radius 2 is 1.86 bits per heavy atom. The molecule has 0 aliphatic rings. The van der Waals surface area contributed by atoms with Gasteiger partial charge >= 0.3 is 5.97 Å². The van der Waals surface area contributed by atoms with Crippen molar-refractivity contribution in [3.8, 4) is 0 Å². The molecule has 2 aromatic rings. The van der Waals surface area contributed by atoms with Crippen LogP contribution in [-0.4, -0.2) is 26.5 Å². The van der Waals surface area contributed by atoms with E-state index in [2.05, 4.69) is 9.72 Å². The van der Waals surface area contributed by atoms with Gasteiger partial charge in [-0.1, -0.05) is 24.3 Å². The number of methoxy groups -OCH3 is 1. The third-order valence-electron chi connectivity index (χ3n) is 2.72. The van der Waals surface area contributed by atoms with Crippen LogP contribution in [0, 0.1) is 0 Å². The van der Waals surface area contributed by atoms with E-state index in [4.69, 9.17) is 0 Å². The summed E-state index contributed by atoms with van der Waals surface area (Å²) in [4.78, 5) is 15.1. The zero-order valence-corrected chi connectivity index (χ0v) is 12.1. The molecule has 0 N–H and O–H groups in total. The molecule has 0 aliphatic heterocycles. The van der Waals surface area contributed by atoms with Crippen molar-refractivity contribution in [1.29, 1.82) is 0 Å². The number of benzene rings is 1. The van der Waals surface area contributed by atoms with Crippen molar-refractivity contribution in [3.63, 3.8) is 0 Å². The highest BCUT2D eigenvalue weighted by atomic mass is 32.2. The fraction of sp³-hybridized carbons (Fsp3) is 0.0667. The van der Waals surface area contributed by atoms with Crippen LogP contribution in [0.4, 0.5) is 0 Å². The molecular weight excluding hydrogens is 290 g/mol. The Balaban J connectivity index is 2.50. The van der Waals surface area contributed by atoms with E-state index in [-0.39, 0.29) is 9.92 Å². The molecule has 108 valence electrons. The lowest BCUT2D eigenvalue weighted by Crippen LogP contribution is -2.06. The molecule has 0 saturated heterocycles. The van der Waals surface area contributed by atoms with Gasteiger partial charge in [0, 0.05) is 12.3 Å². The lowest BCUT2D eigenvalue weighted by molar-refractivity contribution is -0.134. The summed E-state index contributed by atoms with van der Waals surface area (Å²) >= 11 is 0. The van der Waals surface area contributed by atoms with E-state index >= 15 is 0 Å². The molecule has 1 aromatic heterocycles. The van der Waals surface area contributed by atoms with E-state index in [1.54, 1.807) is 30.3 Å². The van der Waals surface area contributed by atoms with Gasteiger partial charge in [0.05, 0.1) is 12.0 Å². The van der Waals surface area contributed by atoms with Crippen LogP contribution in [-0.2, 0) is 19.4 Å². The summed E-state index contributed by atoms with van der Waals surface area (Å²) < 4.78 is 29.6. The average Bonchev–Trinajstić information content (AvgIpc) is 2.53. The number of pyridine rings is 1. The first-order valence-corrected chi connectivity index (χ1v) is 7.55. The van der Waals surface area contributed by atoms with E-state index in [0.29, 0.717) is 5.56 Å². The zero-order chi connectivity index (χ0) is 15.3. The first kappa shape index (κ1) is 14.9. The van der Waals surface area contributed by atoms with Crippen LogP contribution < -0.4 is 0 Å². The SMILES string of the molecule is COC(=O)/C=C/c1ccccc1S(=O)(=O)c1ccccn1. The maximum Gasteiger partial charge on any atom is 0.330 e. The zero-order valence-electron chi connectivity index (χ0n) is 11.3. The molecule has 2 rings (SSSR count). The lowest BCUT2D eigenvalue weighted by atomic mass is 10.2. The molecular formula is C15H13NO4S. The fourth-order valence-electron chi connectivity index (χ4n) is 1.71. The van der Waals surface area contributed by atoms with Crippen LogP contribution in [0.15, 0.2) is 64.7 Å². The first-order valence-electron chi connectivity index (χ1n) is 6.07. The van der Waals surface area contributed by atoms with Crippen LogP contribution >= 0.6 is 0 Å². The molecule has 0 unspecified atom stereocenters. The number of aromatic nitrogens is 1. The first-order chi connectivity index (χ1) is 10.1. The summed E-state index contributed by atoms with van der Waals surface area (Å²) in [6.07, 6.45) is 3.99. The molecule has 0 bridgehead atoms. The third-order valence-corrected chi connectivity index (χ3v) is 4.46. The normalized spacial score (nSPS) is 11.5. The van der Waals surface area contributed by atoms with E-state index < -0.39 is 15.8 Å². The number of hydrogen-bond acceptors (Lipinski definition) is 5. The minimum Gasteiger partial charge on any atom is -0.466 e. The highest BCUT2D eigenvalue weighted by Gasteiger charge is 2.21. The number of sulfone groups is 1. The fourth-order valence-corrected chi connectivity index (χ4v) is 3.09. The Bertz CT molecular complexity index is 767. The van der Waals surface area contributed by atoms with Crippen molar-refractivity contribution in [2.24, 2.45) is 0 Å². The monoisotopic (exact) mass is 303 g/mol. The Kier molecular flexibility index (Phi) is 4.49. The number of esters is 1. The van der Waals surface area contributed by atoms with Gasteiger partial charge in [-0.25, -0.2) is 18.2 Å². The molecule has 0 spiro atoms. The highest BCUT2D eigenvalue weighted by molar-refractivity contribution is 7.91. The molecule has 0 radical (unpaired) electrons. The third kappa shape index (κ3) is 3.35. The number of rotatable bonds is 4. The standard InChI is InChI=1S/C15H13NO4S/c1-20-15(17)10-9-12-6-2-3-7-13(12)21(18,19)14-8-4-5-11-16-14/h2-11H,1H3/b10-9+.